The lowest BCUT2D eigenvalue weighted by Crippen LogP contribution is -3.61. The second-order valence-electron chi connectivity index (χ2n) is 16.5. The summed E-state index contributed by atoms with van der Waals surface area (Å²) in [5, 5.41) is 0. The van der Waals surface area contributed by atoms with Gasteiger partial charge in [-0.15, -0.1) is 21.9 Å². The smallest absolute Gasteiger partial charge is 0.422 e. The first-order valence-electron chi connectivity index (χ1n) is 21.8. The Kier molecular flexibility index (Phi) is 19.3. The zero-order valence-corrected chi connectivity index (χ0v) is 40.7. The molecule has 6 aromatic rings. The largest absolute Gasteiger partial charge is 0.494 e. The van der Waals surface area contributed by atoms with Crippen molar-refractivity contribution in [1.29, 1.82) is 0 Å². The summed E-state index contributed by atoms with van der Waals surface area (Å²) < 4.78 is 418. The second-order valence-corrected chi connectivity index (χ2v) is 19.5. The first-order chi connectivity index (χ1) is 36.4. The van der Waals surface area contributed by atoms with Gasteiger partial charge >= 0.3 is 45.9 Å². The number of unbranched alkanes of at least 4 members (excludes halogenated alkanes) is 5. The Morgan fingerprint density at radius 3 is 0.848 bits per heavy atom. The Morgan fingerprint density at radius 2 is 0.582 bits per heavy atom. The molecule has 430 valence electrons. The van der Waals surface area contributed by atoms with Crippen LogP contribution in [0, 0.1) is 100 Å². The molecule has 0 heterocycles. The van der Waals surface area contributed by atoms with Crippen molar-refractivity contribution in [3.05, 3.63) is 177 Å². The van der Waals surface area contributed by atoms with Gasteiger partial charge in [0.25, 0.3) is 0 Å². The number of hydrogen-bond donors (Lipinski definition) is 0. The number of rotatable bonds is 14. The van der Waals surface area contributed by atoms with Crippen LogP contribution in [0.1, 0.15) is 67.7 Å². The quantitative estimate of drug-likeness (QED) is 0.0347. The van der Waals surface area contributed by atoms with E-state index in [1.54, 1.807) is 0 Å². The molecule has 6 rings (SSSR count). The van der Waals surface area contributed by atoms with Crippen molar-refractivity contribution in [2.45, 2.75) is 70.2 Å². The van der Waals surface area contributed by atoms with E-state index in [4.69, 9.17) is 4.74 Å². The number of ether oxygens (including phenoxy) is 1. The van der Waals surface area contributed by atoms with Crippen LogP contribution in [-0.2, 0) is 24.7 Å². The van der Waals surface area contributed by atoms with Gasteiger partial charge in [-0.2, -0.15) is 52.7 Å². The van der Waals surface area contributed by atoms with Gasteiger partial charge in [-0.3, -0.25) is 0 Å². The lowest BCUT2D eigenvalue weighted by Gasteiger charge is -2.45. The Morgan fingerprint density at radius 1 is 0.329 bits per heavy atom. The van der Waals surface area contributed by atoms with E-state index in [2.05, 4.69) is 61.5 Å². The van der Waals surface area contributed by atoms with Crippen LogP contribution in [0.15, 0.2) is 54.6 Å². The minimum atomic E-state index is -8.18. The van der Waals surface area contributed by atoms with Crippen molar-refractivity contribution >= 4 is 28.0 Å². The number of hydrogen-bond acceptors (Lipinski definition) is 1. The monoisotopic (exact) mass is 1290 g/mol. The maximum atomic E-state index is 15.9. The topological polar surface area (TPSA) is 9.23 Å². The van der Waals surface area contributed by atoms with Crippen LogP contribution in [0.2, 0.25) is 0 Å². The highest BCUT2D eigenvalue weighted by molar-refractivity contribution is 7.20. The van der Waals surface area contributed by atoms with E-state index in [0.717, 1.165) is 12.4 Å². The third-order valence-electron chi connectivity index (χ3n) is 11.6. The highest BCUT2D eigenvalue weighted by atomic mass is 127. The summed E-state index contributed by atoms with van der Waals surface area (Å²) in [6, 6.07) is 19.4. The van der Waals surface area contributed by atoms with E-state index >= 15 is 70.2 Å². The van der Waals surface area contributed by atoms with E-state index in [0.29, 0.717) is 0 Å². The second kappa shape index (κ2) is 24.0. The SMILES string of the molecule is CCCCCCCCOc1ccc([I+]c2ccccc2)cc1.Fc1c(F)c(C(F)(F)F)c(F)c(F)c1[B-](c1c(F)c(F)c(C(F)(F)F)c(F)c1F)(c1c(F)c(F)c(C(F)(F)F)c(F)c1F)c1c(F)c(F)c(C(F)(F)F)c(F)c1F. The molecule has 1 nitrogen and oxygen atoms in total. The van der Waals surface area contributed by atoms with E-state index < -0.39 is 168 Å². The summed E-state index contributed by atoms with van der Waals surface area (Å²) >= 11 is -0.0655. The molecule has 0 amide bonds. The molecule has 0 aromatic heterocycles. The molecule has 6 aromatic carbocycles. The molecular formula is C48H26BF28IO. The van der Waals surface area contributed by atoms with Crippen LogP contribution >= 0.6 is 0 Å². The van der Waals surface area contributed by atoms with Crippen molar-refractivity contribution in [2.24, 2.45) is 0 Å². The van der Waals surface area contributed by atoms with Crippen LogP contribution in [0.4, 0.5) is 123 Å². The third-order valence-corrected chi connectivity index (χ3v) is 14.3. The highest BCUT2D eigenvalue weighted by Gasteiger charge is 2.56. The van der Waals surface area contributed by atoms with E-state index in [1.807, 2.05) is 0 Å². The summed E-state index contributed by atoms with van der Waals surface area (Å²) in [7, 11) is 0. The van der Waals surface area contributed by atoms with Crippen molar-refractivity contribution in [3.8, 4) is 5.75 Å². The van der Waals surface area contributed by atoms with Gasteiger partial charge in [0.2, 0.25) is 0 Å². The minimum Gasteiger partial charge on any atom is -0.494 e. The molecule has 0 bridgehead atoms. The normalized spacial score (nSPS) is 12.5. The van der Waals surface area contributed by atoms with Gasteiger partial charge in [0.05, 0.1) is 6.61 Å². The van der Waals surface area contributed by atoms with Gasteiger partial charge in [0.1, 0.15) is 80.7 Å². The maximum absolute atomic E-state index is 15.9. The minimum absolute atomic E-state index is 0.0655. The number of alkyl halides is 12. The Balaban J connectivity index is 0.000000433. The standard InChI is InChI=1S/C28BF28.C20H26IO/c30-9-1(25(46,47)48)10(31)18(39)5(17(9)38)29(6-19(40)11(32)2(26(49,50)51)12(33)20(6)41,7-21(42)13(34)3(27(52,53)54)14(35)22(7)43)8-23(44)15(36)4(28(55,56)57)16(37)24(8)45;1-2-3-4-5-6-10-17-22-20-15-13-19(14-16-20)21-18-11-8-7-9-12-18/h;7-9,11-16H,2-6,10,17H2,1H3/q-1;+1. The molecule has 31 heteroatoms. The molecule has 0 saturated carbocycles. The van der Waals surface area contributed by atoms with Gasteiger partial charge in [-0.05, 0) is 42.8 Å². The van der Waals surface area contributed by atoms with Crippen molar-refractivity contribution in [2.75, 3.05) is 6.61 Å². The van der Waals surface area contributed by atoms with Crippen LogP contribution in [0.5, 0.6) is 5.75 Å². The number of benzene rings is 6. The summed E-state index contributed by atoms with van der Waals surface area (Å²) in [6.07, 6.45) is -27.9. The van der Waals surface area contributed by atoms with Gasteiger partial charge in [0, 0.05) is 0 Å². The lowest BCUT2D eigenvalue weighted by atomic mass is 9.12. The van der Waals surface area contributed by atoms with Crippen LogP contribution in [0.25, 0.3) is 0 Å². The zero-order valence-electron chi connectivity index (χ0n) is 38.6. The molecule has 0 radical (unpaired) electrons. The molecule has 0 fully saturated rings. The molecule has 0 spiro atoms. The number of halogens is 29. The van der Waals surface area contributed by atoms with E-state index in [-0.39, 0.29) is 21.2 Å². The summed E-state index contributed by atoms with van der Waals surface area (Å²) in [6.45, 7) is 3.10. The molecule has 0 aliphatic rings. The fourth-order valence-electron chi connectivity index (χ4n) is 8.25. The van der Waals surface area contributed by atoms with Gasteiger partial charge < -0.3 is 4.74 Å². The molecule has 0 saturated heterocycles. The summed E-state index contributed by atoms with van der Waals surface area (Å²) in [5.41, 5.74) is -33.4. The molecule has 0 aliphatic heterocycles. The van der Waals surface area contributed by atoms with Crippen molar-refractivity contribution in [3.63, 3.8) is 0 Å². The van der Waals surface area contributed by atoms with E-state index in [1.165, 1.54) is 45.7 Å². The van der Waals surface area contributed by atoms with Crippen molar-refractivity contribution in [1.82, 2.24) is 0 Å². The van der Waals surface area contributed by atoms with Crippen LogP contribution in [0.3, 0.4) is 0 Å². The van der Waals surface area contributed by atoms with Gasteiger partial charge in [-0.25, -0.2) is 70.2 Å². The predicted molar refractivity (Wildman–Crippen MR) is 219 cm³/mol. The summed E-state index contributed by atoms with van der Waals surface area (Å²) in [4.78, 5) is 0. The average Bonchev–Trinajstić information content (AvgIpc) is 3.54. The highest BCUT2D eigenvalue weighted by Crippen LogP contribution is 2.42. The van der Waals surface area contributed by atoms with E-state index in [9.17, 15) is 52.7 Å². The molecule has 0 aliphatic carbocycles. The Labute approximate surface area is 435 Å². The summed E-state index contributed by atoms with van der Waals surface area (Å²) in [5.74, 6) is -68.9. The van der Waals surface area contributed by atoms with Gasteiger partial charge in [-0.1, -0.05) is 57.2 Å². The molecule has 0 atom stereocenters. The molecule has 79 heavy (non-hydrogen) atoms. The fraction of sp³-hybridized carbons (Fsp3) is 0.250. The Bertz CT molecular complexity index is 2770. The fourth-order valence-corrected chi connectivity index (χ4v) is 10.5. The van der Waals surface area contributed by atoms with Crippen molar-refractivity contribution < 1.29 is 149 Å². The molecule has 0 N–H and O–H groups in total. The molecule has 0 unspecified atom stereocenters. The van der Waals surface area contributed by atoms with Gasteiger partial charge in [0.15, 0.2) is 53.7 Å². The predicted octanol–water partition coefficient (Wildman–Crippen LogP) is 11.9. The van der Waals surface area contributed by atoms with Crippen LogP contribution < -0.4 is 47.8 Å². The average molecular weight is 1290 g/mol. The Hall–Kier alpha value is -6.05. The lowest BCUT2D eigenvalue weighted by molar-refractivity contribution is -0.597. The third kappa shape index (κ3) is 12.3. The zero-order chi connectivity index (χ0) is 59.8. The maximum Gasteiger partial charge on any atom is 0.422 e. The first kappa shape index (κ1) is 63.8. The molecular weight excluding hydrogens is 1260 g/mol. The first-order valence-corrected chi connectivity index (χ1v) is 23.9. The van der Waals surface area contributed by atoms with Crippen LogP contribution in [-0.4, -0.2) is 12.8 Å².